The van der Waals surface area contributed by atoms with Gasteiger partial charge in [0.2, 0.25) is 0 Å². The van der Waals surface area contributed by atoms with Gasteiger partial charge in [-0.3, -0.25) is 5.41 Å². The van der Waals surface area contributed by atoms with E-state index in [0.29, 0.717) is 0 Å². The van der Waals surface area contributed by atoms with Gasteiger partial charge in [0.25, 0.3) is 0 Å². The van der Waals surface area contributed by atoms with Crippen molar-refractivity contribution in [1.82, 2.24) is 4.90 Å². The van der Waals surface area contributed by atoms with E-state index in [1.54, 1.807) is 11.8 Å². The van der Waals surface area contributed by atoms with E-state index in [4.69, 9.17) is 5.41 Å². The molecule has 0 atom stereocenters. The van der Waals surface area contributed by atoms with Crippen LogP contribution in [-0.4, -0.2) is 22.4 Å². The molecule has 1 fully saturated rings. The number of thioether (sulfide) groups is 1. The van der Waals surface area contributed by atoms with Crippen LogP contribution in [0.2, 0.25) is 0 Å². The van der Waals surface area contributed by atoms with E-state index in [2.05, 4.69) is 29.2 Å². The fourth-order valence-electron chi connectivity index (χ4n) is 1.72. The SMILES string of the molecule is N=C1SCCCCN1Cc1ccccc1. The Morgan fingerprint density at radius 3 is 2.80 bits per heavy atom. The smallest absolute Gasteiger partial charge is 0.156 e. The Morgan fingerprint density at radius 2 is 2.00 bits per heavy atom. The minimum absolute atomic E-state index is 0.733. The van der Waals surface area contributed by atoms with Crippen molar-refractivity contribution in [3.05, 3.63) is 35.9 Å². The van der Waals surface area contributed by atoms with E-state index >= 15 is 0 Å². The topological polar surface area (TPSA) is 27.1 Å². The molecule has 3 heteroatoms. The molecular weight excluding hydrogens is 204 g/mol. The third-order valence-electron chi connectivity index (χ3n) is 2.56. The Hall–Kier alpha value is -0.960. The van der Waals surface area contributed by atoms with Gasteiger partial charge in [-0.15, -0.1) is 0 Å². The standard InChI is InChI=1S/C12H16N2S/c13-12-14(8-4-5-9-15-12)10-11-6-2-1-3-7-11/h1-3,6-7,13H,4-5,8-10H2. The normalized spacial score (nSPS) is 17.6. The van der Waals surface area contributed by atoms with Crippen molar-refractivity contribution >= 4 is 16.9 Å². The van der Waals surface area contributed by atoms with Gasteiger partial charge in [-0.05, 0) is 18.4 Å². The molecule has 0 aliphatic carbocycles. The second-order valence-electron chi connectivity index (χ2n) is 3.77. The predicted octanol–water partition coefficient (Wildman–Crippen LogP) is 2.95. The van der Waals surface area contributed by atoms with E-state index < -0.39 is 0 Å². The van der Waals surface area contributed by atoms with E-state index in [-0.39, 0.29) is 0 Å². The van der Waals surface area contributed by atoms with Crippen LogP contribution in [0.5, 0.6) is 0 Å². The number of rotatable bonds is 2. The van der Waals surface area contributed by atoms with Crippen LogP contribution in [-0.2, 0) is 6.54 Å². The van der Waals surface area contributed by atoms with Crippen LogP contribution < -0.4 is 0 Å². The molecule has 0 aromatic heterocycles. The largest absolute Gasteiger partial charge is 0.347 e. The van der Waals surface area contributed by atoms with Crippen LogP contribution in [0.15, 0.2) is 30.3 Å². The van der Waals surface area contributed by atoms with Crippen molar-refractivity contribution in [2.24, 2.45) is 0 Å². The Labute approximate surface area is 95.2 Å². The number of hydrogen-bond donors (Lipinski definition) is 1. The molecule has 0 spiro atoms. The van der Waals surface area contributed by atoms with Gasteiger partial charge in [0.15, 0.2) is 5.17 Å². The maximum absolute atomic E-state index is 7.92. The summed E-state index contributed by atoms with van der Waals surface area (Å²) in [6.07, 6.45) is 2.44. The summed E-state index contributed by atoms with van der Waals surface area (Å²) >= 11 is 1.68. The minimum atomic E-state index is 0.733. The zero-order chi connectivity index (χ0) is 10.5. The Bertz CT molecular complexity index is 324. The van der Waals surface area contributed by atoms with Crippen LogP contribution in [0.25, 0.3) is 0 Å². The predicted molar refractivity (Wildman–Crippen MR) is 66.3 cm³/mol. The van der Waals surface area contributed by atoms with Crippen molar-refractivity contribution in [3.8, 4) is 0 Å². The number of hydrogen-bond acceptors (Lipinski definition) is 2. The van der Waals surface area contributed by atoms with Crippen molar-refractivity contribution in [1.29, 1.82) is 5.41 Å². The quantitative estimate of drug-likeness (QED) is 0.829. The lowest BCUT2D eigenvalue weighted by Gasteiger charge is -2.22. The minimum Gasteiger partial charge on any atom is -0.347 e. The van der Waals surface area contributed by atoms with E-state index in [0.717, 1.165) is 24.0 Å². The first-order valence-corrected chi connectivity index (χ1v) is 6.35. The molecule has 2 rings (SSSR count). The monoisotopic (exact) mass is 220 g/mol. The lowest BCUT2D eigenvalue weighted by molar-refractivity contribution is 0.412. The average Bonchev–Trinajstić information content (AvgIpc) is 2.46. The highest BCUT2D eigenvalue weighted by Gasteiger charge is 2.13. The second kappa shape index (κ2) is 5.21. The van der Waals surface area contributed by atoms with Gasteiger partial charge >= 0.3 is 0 Å². The molecule has 1 N–H and O–H groups in total. The third kappa shape index (κ3) is 2.99. The Balaban J connectivity index is 2.01. The highest BCUT2D eigenvalue weighted by Crippen LogP contribution is 2.18. The van der Waals surface area contributed by atoms with Gasteiger partial charge in [-0.2, -0.15) is 0 Å². The molecule has 1 aromatic rings. The van der Waals surface area contributed by atoms with Gasteiger partial charge in [-0.25, -0.2) is 0 Å². The highest BCUT2D eigenvalue weighted by atomic mass is 32.2. The van der Waals surface area contributed by atoms with Crippen LogP contribution in [0.1, 0.15) is 18.4 Å². The molecule has 0 amide bonds. The highest BCUT2D eigenvalue weighted by molar-refractivity contribution is 8.13. The summed E-state index contributed by atoms with van der Waals surface area (Å²) in [4.78, 5) is 2.17. The lowest BCUT2D eigenvalue weighted by Crippen LogP contribution is -2.27. The van der Waals surface area contributed by atoms with Crippen LogP contribution in [0.3, 0.4) is 0 Å². The molecule has 0 saturated carbocycles. The van der Waals surface area contributed by atoms with Gasteiger partial charge < -0.3 is 4.90 Å². The number of benzene rings is 1. The summed E-state index contributed by atoms with van der Waals surface area (Å²) in [5.74, 6) is 1.10. The molecule has 0 unspecified atom stereocenters. The van der Waals surface area contributed by atoms with Gasteiger partial charge in [0.1, 0.15) is 0 Å². The molecule has 1 aliphatic heterocycles. The summed E-state index contributed by atoms with van der Waals surface area (Å²) in [5.41, 5.74) is 1.30. The van der Waals surface area contributed by atoms with E-state index in [1.165, 1.54) is 18.4 Å². The zero-order valence-electron chi connectivity index (χ0n) is 8.78. The van der Waals surface area contributed by atoms with E-state index in [9.17, 15) is 0 Å². The summed E-state index contributed by atoms with van der Waals surface area (Å²) in [6, 6.07) is 10.4. The molecule has 15 heavy (non-hydrogen) atoms. The second-order valence-corrected chi connectivity index (χ2v) is 4.85. The molecule has 1 aromatic carbocycles. The summed E-state index contributed by atoms with van der Waals surface area (Å²) in [5, 5.41) is 8.66. The van der Waals surface area contributed by atoms with E-state index in [1.807, 2.05) is 6.07 Å². The first-order chi connectivity index (χ1) is 7.36. The molecule has 1 aliphatic rings. The van der Waals surface area contributed by atoms with Gasteiger partial charge in [0.05, 0.1) is 0 Å². The molecular formula is C12H16N2S. The van der Waals surface area contributed by atoms with Crippen LogP contribution in [0, 0.1) is 5.41 Å². The molecule has 2 nitrogen and oxygen atoms in total. The van der Waals surface area contributed by atoms with Crippen molar-refractivity contribution < 1.29 is 0 Å². The summed E-state index contributed by atoms with van der Waals surface area (Å²) in [7, 11) is 0. The summed E-state index contributed by atoms with van der Waals surface area (Å²) in [6.45, 7) is 1.91. The van der Waals surface area contributed by atoms with Crippen molar-refractivity contribution in [2.75, 3.05) is 12.3 Å². The number of nitrogens with zero attached hydrogens (tertiary/aromatic N) is 1. The third-order valence-corrected chi connectivity index (χ3v) is 3.59. The van der Waals surface area contributed by atoms with Crippen LogP contribution in [0.4, 0.5) is 0 Å². The molecule has 0 radical (unpaired) electrons. The van der Waals surface area contributed by atoms with Gasteiger partial charge in [-0.1, -0.05) is 42.1 Å². The maximum Gasteiger partial charge on any atom is 0.156 e. The molecule has 80 valence electrons. The Kier molecular flexibility index (Phi) is 3.67. The first kappa shape index (κ1) is 10.6. The number of amidine groups is 1. The van der Waals surface area contributed by atoms with Gasteiger partial charge in [0, 0.05) is 18.8 Å². The number of nitrogens with one attached hydrogen (secondary N) is 1. The van der Waals surface area contributed by atoms with Crippen molar-refractivity contribution in [3.63, 3.8) is 0 Å². The molecule has 1 saturated heterocycles. The fourth-order valence-corrected chi connectivity index (χ4v) is 2.60. The average molecular weight is 220 g/mol. The molecule has 0 bridgehead atoms. The fraction of sp³-hybridized carbons (Fsp3) is 0.417. The summed E-state index contributed by atoms with van der Waals surface area (Å²) < 4.78 is 0. The Morgan fingerprint density at radius 1 is 1.20 bits per heavy atom. The van der Waals surface area contributed by atoms with Crippen LogP contribution >= 0.6 is 11.8 Å². The first-order valence-electron chi connectivity index (χ1n) is 5.36. The maximum atomic E-state index is 7.92. The van der Waals surface area contributed by atoms with Crippen molar-refractivity contribution in [2.45, 2.75) is 19.4 Å². The zero-order valence-corrected chi connectivity index (χ0v) is 9.59. The lowest BCUT2D eigenvalue weighted by atomic mass is 10.2. The molecule has 1 heterocycles.